The number of aromatic nitrogens is 2. The van der Waals surface area contributed by atoms with Crippen LogP contribution in [0.2, 0.25) is 0 Å². The maximum absolute atomic E-state index is 12.1. The molecule has 0 saturated carbocycles. The number of nitrogens with zero attached hydrogens (tertiary/aromatic N) is 3. The highest BCUT2D eigenvalue weighted by molar-refractivity contribution is 5.89. The second kappa shape index (κ2) is 9.43. The number of ether oxygens (including phenoxy) is 2. The Labute approximate surface area is 178 Å². The van der Waals surface area contributed by atoms with Gasteiger partial charge in [0.25, 0.3) is 0 Å². The van der Waals surface area contributed by atoms with E-state index in [1.54, 1.807) is 19.2 Å². The first-order valence-corrected chi connectivity index (χ1v) is 10.5. The third-order valence-corrected chi connectivity index (χ3v) is 5.23. The predicted octanol–water partition coefficient (Wildman–Crippen LogP) is 3.87. The molecule has 1 N–H and O–H groups in total. The number of anilines is 1. The summed E-state index contributed by atoms with van der Waals surface area (Å²) in [5.74, 6) is 2.68. The number of benzene rings is 1. The Morgan fingerprint density at radius 2 is 2.03 bits per heavy atom. The van der Waals surface area contributed by atoms with Crippen LogP contribution in [0, 0.1) is 12.8 Å². The summed E-state index contributed by atoms with van der Waals surface area (Å²) in [6.45, 7) is 10.9. The standard InChI is InChI=1S/C23H31N3O4/c1-14(2)12-29-20-7-6-18(10-16(20)4)15(3)11-21-24-9-8-22(25-21)26-19(17(5)27)13-30-23(26)28/h6-10,14-15,17,19,27H,11-13H2,1-5H3/t15-,17-,19-/m1/s1. The van der Waals surface area contributed by atoms with Crippen LogP contribution in [-0.2, 0) is 11.2 Å². The van der Waals surface area contributed by atoms with Crippen LogP contribution in [0.25, 0.3) is 0 Å². The molecule has 162 valence electrons. The van der Waals surface area contributed by atoms with Crippen molar-refractivity contribution in [3.05, 3.63) is 47.4 Å². The van der Waals surface area contributed by atoms with E-state index in [0.29, 0.717) is 30.6 Å². The molecule has 2 heterocycles. The summed E-state index contributed by atoms with van der Waals surface area (Å²) in [6, 6.07) is 7.47. The minimum absolute atomic E-state index is 0.150. The van der Waals surface area contributed by atoms with Gasteiger partial charge >= 0.3 is 6.09 Å². The molecule has 1 saturated heterocycles. The van der Waals surface area contributed by atoms with Crippen molar-refractivity contribution < 1.29 is 19.4 Å². The molecule has 2 aromatic rings. The van der Waals surface area contributed by atoms with Gasteiger partial charge in [-0.3, -0.25) is 4.90 Å². The van der Waals surface area contributed by atoms with Crippen molar-refractivity contribution in [3.63, 3.8) is 0 Å². The summed E-state index contributed by atoms with van der Waals surface area (Å²) in [4.78, 5) is 22.5. The molecular formula is C23H31N3O4. The Morgan fingerprint density at radius 3 is 2.70 bits per heavy atom. The molecule has 7 nitrogen and oxygen atoms in total. The highest BCUT2D eigenvalue weighted by Crippen LogP contribution is 2.27. The molecule has 0 bridgehead atoms. The number of hydrogen-bond acceptors (Lipinski definition) is 6. The van der Waals surface area contributed by atoms with Crippen molar-refractivity contribution in [2.24, 2.45) is 5.92 Å². The van der Waals surface area contributed by atoms with E-state index >= 15 is 0 Å². The van der Waals surface area contributed by atoms with Gasteiger partial charge in [-0.2, -0.15) is 0 Å². The third kappa shape index (κ3) is 5.08. The van der Waals surface area contributed by atoms with Gasteiger partial charge in [-0.25, -0.2) is 14.8 Å². The molecule has 0 aliphatic carbocycles. The number of amides is 1. The van der Waals surface area contributed by atoms with Crippen LogP contribution in [0.4, 0.5) is 10.6 Å². The zero-order chi connectivity index (χ0) is 21.8. The van der Waals surface area contributed by atoms with Gasteiger partial charge in [0.05, 0.1) is 12.7 Å². The van der Waals surface area contributed by atoms with Gasteiger partial charge < -0.3 is 14.6 Å². The Kier molecular flexibility index (Phi) is 6.92. The number of carbonyl (C=O) groups is 1. The van der Waals surface area contributed by atoms with Gasteiger partial charge in [-0.15, -0.1) is 0 Å². The molecule has 1 fully saturated rings. The van der Waals surface area contributed by atoms with E-state index < -0.39 is 18.2 Å². The van der Waals surface area contributed by atoms with Crippen LogP contribution in [0.15, 0.2) is 30.5 Å². The fourth-order valence-corrected chi connectivity index (χ4v) is 3.46. The van der Waals surface area contributed by atoms with Crippen LogP contribution in [0.5, 0.6) is 5.75 Å². The van der Waals surface area contributed by atoms with Gasteiger partial charge in [-0.1, -0.05) is 32.9 Å². The van der Waals surface area contributed by atoms with Gasteiger partial charge in [0.1, 0.15) is 30.0 Å². The first-order valence-electron chi connectivity index (χ1n) is 10.5. The lowest BCUT2D eigenvalue weighted by Crippen LogP contribution is -2.41. The van der Waals surface area contributed by atoms with Crippen LogP contribution < -0.4 is 9.64 Å². The van der Waals surface area contributed by atoms with E-state index in [0.717, 1.165) is 11.3 Å². The quantitative estimate of drug-likeness (QED) is 0.707. The average molecular weight is 414 g/mol. The van der Waals surface area contributed by atoms with E-state index in [9.17, 15) is 9.90 Å². The topological polar surface area (TPSA) is 84.8 Å². The second-order valence-electron chi connectivity index (χ2n) is 8.42. The maximum Gasteiger partial charge on any atom is 0.416 e. The fraction of sp³-hybridized carbons (Fsp3) is 0.522. The fourth-order valence-electron chi connectivity index (χ4n) is 3.46. The summed E-state index contributed by atoms with van der Waals surface area (Å²) in [5, 5.41) is 9.95. The van der Waals surface area contributed by atoms with Gasteiger partial charge in [0.15, 0.2) is 0 Å². The second-order valence-corrected chi connectivity index (χ2v) is 8.42. The number of aliphatic hydroxyl groups is 1. The van der Waals surface area contributed by atoms with Crippen molar-refractivity contribution >= 4 is 11.9 Å². The molecule has 1 aromatic carbocycles. The van der Waals surface area contributed by atoms with Gasteiger partial charge in [0, 0.05) is 12.6 Å². The van der Waals surface area contributed by atoms with Crippen molar-refractivity contribution in [1.82, 2.24) is 9.97 Å². The van der Waals surface area contributed by atoms with Crippen molar-refractivity contribution in [3.8, 4) is 5.75 Å². The Bertz CT molecular complexity index is 885. The molecular weight excluding hydrogens is 382 g/mol. The van der Waals surface area contributed by atoms with E-state index in [2.05, 4.69) is 49.8 Å². The highest BCUT2D eigenvalue weighted by atomic mass is 16.6. The molecule has 1 aliphatic rings. The first kappa shape index (κ1) is 22.0. The molecule has 1 amide bonds. The van der Waals surface area contributed by atoms with E-state index in [1.807, 2.05) is 6.07 Å². The van der Waals surface area contributed by atoms with Crippen molar-refractivity contribution in [2.45, 2.75) is 59.1 Å². The Hall–Kier alpha value is -2.67. The normalized spacial score (nSPS) is 18.4. The zero-order valence-electron chi connectivity index (χ0n) is 18.3. The lowest BCUT2D eigenvalue weighted by molar-refractivity contribution is 0.142. The van der Waals surface area contributed by atoms with Crippen LogP contribution in [-0.4, -0.2) is 46.5 Å². The van der Waals surface area contributed by atoms with Crippen LogP contribution in [0.3, 0.4) is 0 Å². The summed E-state index contributed by atoms with van der Waals surface area (Å²) < 4.78 is 11.0. The van der Waals surface area contributed by atoms with Gasteiger partial charge in [-0.05, 0) is 48.9 Å². The minimum Gasteiger partial charge on any atom is -0.493 e. The number of hydrogen-bond donors (Lipinski definition) is 1. The molecule has 1 aliphatic heterocycles. The highest BCUT2D eigenvalue weighted by Gasteiger charge is 2.38. The van der Waals surface area contributed by atoms with E-state index in [1.165, 1.54) is 10.5 Å². The molecule has 3 rings (SSSR count). The summed E-state index contributed by atoms with van der Waals surface area (Å²) in [5.41, 5.74) is 2.29. The number of carbonyl (C=O) groups excluding carboxylic acids is 1. The van der Waals surface area contributed by atoms with E-state index in [-0.39, 0.29) is 12.5 Å². The van der Waals surface area contributed by atoms with Crippen molar-refractivity contribution in [1.29, 1.82) is 0 Å². The lowest BCUT2D eigenvalue weighted by Gasteiger charge is -2.23. The zero-order valence-corrected chi connectivity index (χ0v) is 18.3. The monoisotopic (exact) mass is 413 g/mol. The van der Waals surface area contributed by atoms with Crippen LogP contribution >= 0.6 is 0 Å². The molecule has 3 atom stereocenters. The molecule has 0 spiro atoms. The Balaban J connectivity index is 1.73. The maximum atomic E-state index is 12.1. The number of rotatable bonds is 8. The summed E-state index contributed by atoms with van der Waals surface area (Å²) >= 11 is 0. The largest absolute Gasteiger partial charge is 0.493 e. The SMILES string of the molecule is Cc1cc([C@H](C)Cc2nccc(N3C(=O)OC[C@@H]3[C@@H](C)O)n2)ccc1OCC(C)C. The number of aryl methyl sites for hydroxylation is 1. The molecule has 1 aromatic heterocycles. The van der Waals surface area contributed by atoms with Crippen molar-refractivity contribution in [2.75, 3.05) is 18.1 Å². The first-order chi connectivity index (χ1) is 14.3. The molecule has 30 heavy (non-hydrogen) atoms. The third-order valence-electron chi connectivity index (χ3n) is 5.23. The number of cyclic esters (lactones) is 1. The average Bonchev–Trinajstić information content (AvgIpc) is 3.09. The molecule has 0 radical (unpaired) electrons. The predicted molar refractivity (Wildman–Crippen MR) is 115 cm³/mol. The Morgan fingerprint density at radius 1 is 1.27 bits per heavy atom. The molecule has 7 heteroatoms. The number of aliphatic hydroxyl groups excluding tert-OH is 1. The van der Waals surface area contributed by atoms with Crippen LogP contribution in [0.1, 0.15) is 50.6 Å². The summed E-state index contributed by atoms with van der Waals surface area (Å²) in [6.07, 6.45) is 1.06. The smallest absolute Gasteiger partial charge is 0.416 e. The summed E-state index contributed by atoms with van der Waals surface area (Å²) in [7, 11) is 0. The van der Waals surface area contributed by atoms with E-state index in [4.69, 9.17) is 9.47 Å². The minimum atomic E-state index is -0.715. The lowest BCUT2D eigenvalue weighted by atomic mass is 9.95. The molecule has 0 unspecified atom stereocenters. The van der Waals surface area contributed by atoms with Gasteiger partial charge in [0.2, 0.25) is 0 Å².